The summed E-state index contributed by atoms with van der Waals surface area (Å²) in [4.78, 5) is 14.3. The van der Waals surface area contributed by atoms with Gasteiger partial charge >= 0.3 is 10.2 Å². The van der Waals surface area contributed by atoms with Crippen LogP contribution in [-0.2, 0) is 28.0 Å². The number of ketones is 1. The molecule has 0 radical (unpaired) electrons. The number of carbonyl (C=O) groups excluding carboxylic acids is 1. The van der Waals surface area contributed by atoms with Crippen LogP contribution in [0.15, 0.2) is 54.7 Å². The lowest BCUT2D eigenvalue weighted by Gasteiger charge is -2.38. The summed E-state index contributed by atoms with van der Waals surface area (Å²) in [5.74, 6) is -1.47. The topological polar surface area (TPSA) is 120 Å². The Morgan fingerprint density at radius 2 is 1.94 bits per heavy atom. The molecule has 3 N–H and O–H groups in total. The van der Waals surface area contributed by atoms with Gasteiger partial charge in [0.05, 0.1) is 18.8 Å². The molecular formula is C24H25F2N5O4S. The van der Waals surface area contributed by atoms with Crippen LogP contribution in [-0.4, -0.2) is 53.5 Å². The van der Waals surface area contributed by atoms with E-state index in [0.717, 1.165) is 27.8 Å². The highest BCUT2D eigenvalue weighted by Crippen LogP contribution is 2.34. The van der Waals surface area contributed by atoms with E-state index in [1.807, 2.05) is 0 Å². The zero-order valence-electron chi connectivity index (χ0n) is 19.2. The SMILES string of the molecule is N[C@H]1C[C@@H](N2Cc3cn(S(=O)(=O)NCC(=O)c4ccccc4)nc3C2)CO[C@@H]1c1cc(F)ccc1F. The molecule has 3 aromatic rings. The van der Waals surface area contributed by atoms with Crippen molar-refractivity contribution in [3.63, 3.8) is 0 Å². The maximum absolute atomic E-state index is 14.2. The minimum atomic E-state index is -4.03. The average Bonchev–Trinajstić information content (AvgIpc) is 3.45. The Morgan fingerprint density at radius 1 is 1.17 bits per heavy atom. The van der Waals surface area contributed by atoms with Crippen LogP contribution in [0.1, 0.15) is 39.7 Å². The molecule has 0 aliphatic carbocycles. The summed E-state index contributed by atoms with van der Waals surface area (Å²) >= 11 is 0. The Labute approximate surface area is 207 Å². The van der Waals surface area contributed by atoms with Crippen molar-refractivity contribution < 1.29 is 26.7 Å². The number of ether oxygens (including phenoxy) is 1. The zero-order chi connectivity index (χ0) is 25.4. The second-order valence-corrected chi connectivity index (χ2v) is 10.6. The molecule has 1 aromatic heterocycles. The maximum Gasteiger partial charge on any atom is 0.320 e. The van der Waals surface area contributed by atoms with Crippen molar-refractivity contribution >= 4 is 16.0 Å². The van der Waals surface area contributed by atoms with Gasteiger partial charge in [0, 0.05) is 48.1 Å². The highest BCUT2D eigenvalue weighted by Gasteiger charge is 2.37. The minimum Gasteiger partial charge on any atom is -0.370 e. The van der Waals surface area contributed by atoms with Crippen LogP contribution in [0.4, 0.5) is 8.78 Å². The van der Waals surface area contributed by atoms with Gasteiger partial charge in [-0.05, 0) is 24.6 Å². The molecule has 1 saturated heterocycles. The predicted octanol–water partition coefficient (Wildman–Crippen LogP) is 1.90. The summed E-state index contributed by atoms with van der Waals surface area (Å²) in [5.41, 5.74) is 8.12. The minimum absolute atomic E-state index is 0.0891. The number of carbonyl (C=O) groups is 1. The number of fused-ring (bicyclic) bond motifs is 1. The largest absolute Gasteiger partial charge is 0.370 e. The summed E-state index contributed by atoms with van der Waals surface area (Å²) in [6, 6.07) is 11.0. The van der Waals surface area contributed by atoms with E-state index in [0.29, 0.717) is 30.8 Å². The number of Topliss-reactive ketones (excluding diaryl/α,β-unsaturated/α-hetero) is 1. The normalized spacial score (nSPS) is 22.5. The molecule has 36 heavy (non-hydrogen) atoms. The number of nitrogens with zero attached hydrogens (tertiary/aromatic N) is 3. The smallest absolute Gasteiger partial charge is 0.320 e. The van der Waals surface area contributed by atoms with E-state index in [1.54, 1.807) is 30.3 Å². The second kappa shape index (κ2) is 9.79. The summed E-state index contributed by atoms with van der Waals surface area (Å²) in [6.07, 6.45) is 1.17. The highest BCUT2D eigenvalue weighted by molar-refractivity contribution is 7.87. The van der Waals surface area contributed by atoms with Gasteiger partial charge in [0.2, 0.25) is 0 Å². The summed E-state index contributed by atoms with van der Waals surface area (Å²) < 4.78 is 62.1. The highest BCUT2D eigenvalue weighted by atomic mass is 32.2. The fourth-order valence-corrected chi connectivity index (χ4v) is 5.55. The molecule has 2 aliphatic heterocycles. The Kier molecular flexibility index (Phi) is 6.70. The third-order valence-corrected chi connectivity index (χ3v) is 7.71. The van der Waals surface area contributed by atoms with Crippen molar-refractivity contribution in [2.24, 2.45) is 5.73 Å². The van der Waals surface area contributed by atoms with Crippen molar-refractivity contribution in [1.82, 2.24) is 18.8 Å². The number of nitrogens with two attached hydrogens (primary N) is 1. The molecular weight excluding hydrogens is 492 g/mol. The quantitative estimate of drug-likeness (QED) is 0.460. The van der Waals surface area contributed by atoms with Crippen LogP contribution in [0, 0.1) is 11.6 Å². The maximum atomic E-state index is 14.2. The molecule has 0 spiro atoms. The van der Waals surface area contributed by atoms with Crippen molar-refractivity contribution in [3.05, 3.63) is 88.7 Å². The van der Waals surface area contributed by atoms with Crippen LogP contribution in [0.25, 0.3) is 0 Å². The molecule has 2 aliphatic rings. The predicted molar refractivity (Wildman–Crippen MR) is 126 cm³/mol. The second-order valence-electron chi connectivity index (χ2n) is 8.97. The average molecular weight is 518 g/mol. The van der Waals surface area contributed by atoms with Crippen LogP contribution >= 0.6 is 0 Å². The Hall–Kier alpha value is -3.03. The number of nitrogens with one attached hydrogen (secondary N) is 1. The van der Waals surface area contributed by atoms with E-state index in [4.69, 9.17) is 10.5 Å². The van der Waals surface area contributed by atoms with Gasteiger partial charge < -0.3 is 10.5 Å². The molecule has 0 saturated carbocycles. The molecule has 0 unspecified atom stereocenters. The van der Waals surface area contributed by atoms with Crippen molar-refractivity contribution in [3.8, 4) is 0 Å². The fourth-order valence-electron chi connectivity index (χ4n) is 4.63. The van der Waals surface area contributed by atoms with Crippen molar-refractivity contribution in [1.29, 1.82) is 0 Å². The first-order valence-corrected chi connectivity index (χ1v) is 12.9. The van der Waals surface area contributed by atoms with E-state index in [2.05, 4.69) is 14.7 Å². The van der Waals surface area contributed by atoms with E-state index in [1.165, 1.54) is 6.20 Å². The van der Waals surface area contributed by atoms with E-state index in [-0.39, 0.29) is 30.5 Å². The summed E-state index contributed by atoms with van der Waals surface area (Å²) in [5, 5.41) is 4.21. The van der Waals surface area contributed by atoms with Gasteiger partial charge in [-0.15, -0.1) is 0 Å². The molecule has 12 heteroatoms. The lowest BCUT2D eigenvalue weighted by molar-refractivity contribution is -0.0533. The number of hydrogen-bond acceptors (Lipinski definition) is 7. The van der Waals surface area contributed by atoms with Crippen LogP contribution in [0.5, 0.6) is 0 Å². The number of benzene rings is 2. The first kappa shape index (κ1) is 24.7. The summed E-state index contributed by atoms with van der Waals surface area (Å²) in [7, 11) is -4.03. The lowest BCUT2D eigenvalue weighted by atomic mass is 9.93. The molecule has 5 rings (SSSR count). The van der Waals surface area contributed by atoms with Gasteiger partial charge in [-0.1, -0.05) is 30.3 Å². The first-order valence-electron chi connectivity index (χ1n) is 11.4. The number of halogens is 2. The van der Waals surface area contributed by atoms with Crippen molar-refractivity contribution in [2.75, 3.05) is 13.2 Å². The Bertz CT molecular complexity index is 1360. The molecule has 190 valence electrons. The van der Waals surface area contributed by atoms with Crippen LogP contribution in [0.3, 0.4) is 0 Å². The third kappa shape index (κ3) is 4.95. The number of hydrogen-bond donors (Lipinski definition) is 2. The third-order valence-electron chi connectivity index (χ3n) is 6.52. The lowest BCUT2D eigenvalue weighted by Crippen LogP contribution is -2.47. The molecule has 0 amide bonds. The van der Waals surface area contributed by atoms with Gasteiger partial charge in [0.15, 0.2) is 5.78 Å². The molecule has 1 fully saturated rings. The zero-order valence-corrected chi connectivity index (χ0v) is 20.0. The standard InChI is InChI=1S/C24H25F2N5O4S/c25-17-6-7-20(26)19(8-17)24-21(27)9-18(14-35-24)30-11-16-12-31(29-22(16)13-30)36(33,34)28-10-23(32)15-4-2-1-3-5-15/h1-8,12,18,21,24,28H,9-11,13-14,27H2/t18-,21+,24-/m1/s1. The van der Waals surface area contributed by atoms with Gasteiger partial charge in [0.25, 0.3) is 0 Å². The van der Waals surface area contributed by atoms with Crippen LogP contribution in [0.2, 0.25) is 0 Å². The van der Waals surface area contributed by atoms with E-state index in [9.17, 15) is 22.0 Å². The van der Waals surface area contributed by atoms with Crippen LogP contribution < -0.4 is 10.5 Å². The molecule has 3 heterocycles. The molecule has 0 bridgehead atoms. The first-order chi connectivity index (χ1) is 17.2. The molecule has 2 aromatic carbocycles. The van der Waals surface area contributed by atoms with Crippen molar-refractivity contribution in [2.45, 2.75) is 37.7 Å². The van der Waals surface area contributed by atoms with Gasteiger partial charge in [0.1, 0.15) is 17.7 Å². The summed E-state index contributed by atoms with van der Waals surface area (Å²) in [6.45, 7) is 0.710. The Morgan fingerprint density at radius 3 is 2.67 bits per heavy atom. The fraction of sp³-hybridized carbons (Fsp3) is 0.333. The van der Waals surface area contributed by atoms with Gasteiger partial charge in [-0.25, -0.2) is 8.78 Å². The number of aromatic nitrogens is 2. The molecule has 3 atom stereocenters. The molecule has 9 nitrogen and oxygen atoms in total. The van der Waals surface area contributed by atoms with Gasteiger partial charge in [-0.3, -0.25) is 9.69 Å². The van der Waals surface area contributed by atoms with E-state index >= 15 is 0 Å². The Balaban J connectivity index is 1.19. The number of rotatable bonds is 7. The van der Waals surface area contributed by atoms with E-state index < -0.39 is 34.0 Å². The monoisotopic (exact) mass is 517 g/mol. The van der Waals surface area contributed by atoms with Gasteiger partial charge in [-0.2, -0.15) is 22.3 Å².